The minimum absolute atomic E-state index is 0.882. The average molecular weight is 219 g/mol. The second-order valence-electron chi connectivity index (χ2n) is 1.78. The van der Waals surface area contributed by atoms with E-state index in [2.05, 4.69) is 25.9 Å². The fraction of sp³-hybridized carbons (Fsp3) is 0.333. The highest BCUT2D eigenvalue weighted by Crippen LogP contribution is 2.24. The molecule has 2 nitrogen and oxygen atoms in total. The van der Waals surface area contributed by atoms with E-state index in [1.807, 2.05) is 13.2 Å². The summed E-state index contributed by atoms with van der Waals surface area (Å²) in [5.74, 6) is 0. The zero-order chi connectivity index (χ0) is 7.56. The third kappa shape index (κ3) is 1.49. The molecule has 0 atom stereocenters. The van der Waals surface area contributed by atoms with Crippen LogP contribution in [0.2, 0.25) is 0 Å². The summed E-state index contributed by atoms with van der Waals surface area (Å²) in [5, 5.41) is 0. The van der Waals surface area contributed by atoms with Crippen LogP contribution >= 0.6 is 27.7 Å². The summed E-state index contributed by atoms with van der Waals surface area (Å²) in [6.45, 7) is 1.97. The largest absolute Gasteiger partial charge is 0.240 e. The Bertz CT molecular complexity index is 219. The zero-order valence-electron chi connectivity index (χ0n) is 5.76. The molecule has 0 N–H and O–H groups in total. The van der Waals surface area contributed by atoms with Gasteiger partial charge in [0.15, 0.2) is 0 Å². The average Bonchev–Trinajstić information content (AvgIpc) is 1.88. The van der Waals surface area contributed by atoms with E-state index >= 15 is 0 Å². The smallest absolute Gasteiger partial charge is 0.123 e. The van der Waals surface area contributed by atoms with Gasteiger partial charge in [0.1, 0.15) is 10.9 Å². The number of hydrogen-bond donors (Lipinski definition) is 0. The Hall–Kier alpha value is -0.0900. The van der Waals surface area contributed by atoms with E-state index in [1.165, 1.54) is 0 Å². The van der Waals surface area contributed by atoms with Crippen molar-refractivity contribution in [1.29, 1.82) is 0 Å². The number of thioether (sulfide) groups is 1. The molecule has 0 saturated carbocycles. The second kappa shape index (κ2) is 3.34. The Morgan fingerprint density at radius 1 is 1.50 bits per heavy atom. The lowest BCUT2D eigenvalue weighted by molar-refractivity contribution is 1.00. The van der Waals surface area contributed by atoms with E-state index in [4.69, 9.17) is 0 Å². The molecule has 0 aliphatic carbocycles. The molecule has 0 saturated heterocycles. The van der Waals surface area contributed by atoms with Gasteiger partial charge in [0.05, 0.1) is 10.6 Å². The summed E-state index contributed by atoms with van der Waals surface area (Å²) in [5.41, 5.74) is 1.02. The Balaban J connectivity index is 3.17. The Morgan fingerprint density at radius 2 is 2.20 bits per heavy atom. The molecule has 10 heavy (non-hydrogen) atoms. The third-order valence-corrected chi connectivity index (χ3v) is 2.90. The molecule has 0 fully saturated rings. The van der Waals surface area contributed by atoms with Crippen molar-refractivity contribution < 1.29 is 0 Å². The van der Waals surface area contributed by atoms with Gasteiger partial charge in [-0.1, -0.05) is 0 Å². The first-order chi connectivity index (χ1) is 4.75. The van der Waals surface area contributed by atoms with E-state index in [1.54, 1.807) is 18.1 Å². The Kier molecular flexibility index (Phi) is 2.68. The van der Waals surface area contributed by atoms with Gasteiger partial charge >= 0.3 is 0 Å². The van der Waals surface area contributed by atoms with Gasteiger partial charge in [-0.05, 0) is 29.1 Å². The van der Waals surface area contributed by atoms with Gasteiger partial charge in [0.2, 0.25) is 0 Å². The molecule has 1 aromatic heterocycles. The molecular weight excluding hydrogens is 212 g/mol. The molecule has 0 aliphatic heterocycles. The van der Waals surface area contributed by atoms with Gasteiger partial charge in [0.25, 0.3) is 0 Å². The molecule has 1 heterocycles. The fourth-order valence-corrected chi connectivity index (χ4v) is 2.10. The number of rotatable bonds is 1. The van der Waals surface area contributed by atoms with Crippen molar-refractivity contribution in [2.45, 2.75) is 11.8 Å². The Morgan fingerprint density at radius 3 is 2.60 bits per heavy atom. The summed E-state index contributed by atoms with van der Waals surface area (Å²) in [7, 11) is 0. The lowest BCUT2D eigenvalue weighted by Gasteiger charge is -2.00. The molecular formula is C6H7BrN2S. The number of aryl methyl sites for hydroxylation is 1. The lowest BCUT2D eigenvalue weighted by Crippen LogP contribution is -1.88. The summed E-state index contributed by atoms with van der Waals surface area (Å²) in [4.78, 5) is 9.16. The SMILES string of the molecule is CSc1c(C)ncnc1Br. The van der Waals surface area contributed by atoms with Crippen LogP contribution in [0.1, 0.15) is 5.69 Å². The van der Waals surface area contributed by atoms with Crippen LogP contribution in [-0.2, 0) is 0 Å². The number of aromatic nitrogens is 2. The molecule has 54 valence electrons. The number of nitrogens with zero attached hydrogens (tertiary/aromatic N) is 2. The molecule has 0 aromatic carbocycles. The summed E-state index contributed by atoms with van der Waals surface area (Å²) >= 11 is 4.99. The minimum Gasteiger partial charge on any atom is -0.240 e. The normalized spacial score (nSPS) is 9.90. The zero-order valence-corrected chi connectivity index (χ0v) is 8.16. The molecule has 0 bridgehead atoms. The van der Waals surface area contributed by atoms with Crippen LogP contribution in [0.15, 0.2) is 15.8 Å². The van der Waals surface area contributed by atoms with E-state index < -0.39 is 0 Å². The van der Waals surface area contributed by atoms with Gasteiger partial charge in [-0.15, -0.1) is 11.8 Å². The van der Waals surface area contributed by atoms with Crippen molar-refractivity contribution in [2.24, 2.45) is 0 Å². The van der Waals surface area contributed by atoms with Crippen molar-refractivity contribution in [3.05, 3.63) is 16.6 Å². The van der Waals surface area contributed by atoms with E-state index in [9.17, 15) is 0 Å². The second-order valence-corrected chi connectivity index (χ2v) is 3.35. The van der Waals surface area contributed by atoms with Gasteiger partial charge in [-0.3, -0.25) is 0 Å². The van der Waals surface area contributed by atoms with Crippen molar-refractivity contribution in [3.63, 3.8) is 0 Å². The maximum absolute atomic E-state index is 4.05. The van der Waals surface area contributed by atoms with Crippen LogP contribution in [0.25, 0.3) is 0 Å². The quantitative estimate of drug-likeness (QED) is 0.535. The minimum atomic E-state index is 0.882. The summed E-state index contributed by atoms with van der Waals surface area (Å²) < 4.78 is 0.882. The molecule has 0 unspecified atom stereocenters. The van der Waals surface area contributed by atoms with E-state index in [0.29, 0.717) is 0 Å². The summed E-state index contributed by atoms with van der Waals surface area (Å²) in [6.07, 6.45) is 3.57. The Labute approximate surface area is 72.6 Å². The van der Waals surface area contributed by atoms with Crippen LogP contribution in [0, 0.1) is 6.92 Å². The van der Waals surface area contributed by atoms with Gasteiger partial charge in [-0.25, -0.2) is 9.97 Å². The molecule has 1 aromatic rings. The molecule has 0 spiro atoms. The molecule has 0 amide bonds. The van der Waals surface area contributed by atoms with Crippen LogP contribution < -0.4 is 0 Å². The standard InChI is InChI=1S/C6H7BrN2S/c1-4-5(10-2)6(7)9-3-8-4/h3H,1-2H3. The fourth-order valence-electron chi connectivity index (χ4n) is 0.665. The van der Waals surface area contributed by atoms with Crippen molar-refractivity contribution in [1.82, 2.24) is 9.97 Å². The monoisotopic (exact) mass is 218 g/mol. The van der Waals surface area contributed by atoms with Crippen LogP contribution in [0.4, 0.5) is 0 Å². The highest BCUT2D eigenvalue weighted by atomic mass is 79.9. The van der Waals surface area contributed by atoms with Crippen LogP contribution in [0.3, 0.4) is 0 Å². The third-order valence-electron chi connectivity index (χ3n) is 1.14. The van der Waals surface area contributed by atoms with Crippen LogP contribution in [0.5, 0.6) is 0 Å². The van der Waals surface area contributed by atoms with Crippen molar-refractivity contribution in [3.8, 4) is 0 Å². The molecule has 0 radical (unpaired) electrons. The molecule has 4 heteroatoms. The van der Waals surface area contributed by atoms with Gasteiger partial charge in [-0.2, -0.15) is 0 Å². The van der Waals surface area contributed by atoms with Gasteiger partial charge < -0.3 is 0 Å². The first-order valence-electron chi connectivity index (χ1n) is 2.76. The predicted molar refractivity (Wildman–Crippen MR) is 46.3 cm³/mol. The maximum Gasteiger partial charge on any atom is 0.123 e. The first-order valence-corrected chi connectivity index (χ1v) is 4.78. The predicted octanol–water partition coefficient (Wildman–Crippen LogP) is 2.27. The molecule has 1 rings (SSSR count). The summed E-state index contributed by atoms with van der Waals surface area (Å²) in [6, 6.07) is 0. The van der Waals surface area contributed by atoms with E-state index in [0.717, 1.165) is 15.2 Å². The lowest BCUT2D eigenvalue weighted by atomic mass is 10.5. The van der Waals surface area contributed by atoms with Crippen LogP contribution in [-0.4, -0.2) is 16.2 Å². The molecule has 0 aliphatic rings. The van der Waals surface area contributed by atoms with Crippen molar-refractivity contribution in [2.75, 3.05) is 6.26 Å². The number of hydrogen-bond acceptors (Lipinski definition) is 3. The first kappa shape index (κ1) is 8.01. The highest BCUT2D eigenvalue weighted by Gasteiger charge is 2.02. The van der Waals surface area contributed by atoms with Crippen molar-refractivity contribution >= 4 is 27.7 Å². The van der Waals surface area contributed by atoms with E-state index in [-0.39, 0.29) is 0 Å². The maximum atomic E-state index is 4.05. The number of halogens is 1. The topological polar surface area (TPSA) is 25.8 Å². The highest BCUT2D eigenvalue weighted by molar-refractivity contribution is 9.10. The van der Waals surface area contributed by atoms with Gasteiger partial charge in [0, 0.05) is 0 Å².